The Bertz CT molecular complexity index is 845. The summed E-state index contributed by atoms with van der Waals surface area (Å²) in [7, 11) is 0. The summed E-state index contributed by atoms with van der Waals surface area (Å²) in [5, 5.41) is 0. The van der Waals surface area contributed by atoms with E-state index in [2.05, 4.69) is 77.1 Å². The summed E-state index contributed by atoms with van der Waals surface area (Å²) in [4.78, 5) is 0. The van der Waals surface area contributed by atoms with Crippen molar-refractivity contribution in [2.45, 2.75) is 144 Å². The van der Waals surface area contributed by atoms with Crippen LogP contribution in [0.1, 0.15) is 155 Å². The average molecular weight is 505 g/mol. The Morgan fingerprint density at radius 3 is 2.16 bits per heavy atom. The molecule has 3 aliphatic carbocycles. The summed E-state index contributed by atoms with van der Waals surface area (Å²) in [5.41, 5.74) is 7.63. The van der Waals surface area contributed by atoms with Crippen LogP contribution in [0, 0.1) is 17.8 Å². The Hall–Kier alpha value is -1.56. The van der Waals surface area contributed by atoms with Crippen LogP contribution in [0.4, 0.5) is 0 Å². The number of hydrogen-bond acceptors (Lipinski definition) is 0. The number of fused-ring (bicyclic) bond motifs is 1. The molecule has 0 heteroatoms. The summed E-state index contributed by atoms with van der Waals surface area (Å²) in [6.45, 7) is 15.7. The first-order valence-electron chi connectivity index (χ1n) is 16.3. The molecule has 0 radical (unpaired) electrons. The Morgan fingerprint density at radius 1 is 0.784 bits per heavy atom. The van der Waals surface area contributed by atoms with Crippen molar-refractivity contribution >= 4 is 5.57 Å². The van der Waals surface area contributed by atoms with E-state index >= 15 is 0 Å². The first-order chi connectivity index (χ1) is 18.0. The maximum Gasteiger partial charge on any atom is -0.00170 e. The molecule has 0 saturated heterocycles. The molecule has 0 heterocycles. The van der Waals surface area contributed by atoms with E-state index < -0.39 is 0 Å². The molecule has 1 aromatic rings. The van der Waals surface area contributed by atoms with Gasteiger partial charge in [0.2, 0.25) is 0 Å². The number of rotatable bonds is 9. The molecule has 1 saturated carbocycles. The predicted molar refractivity (Wildman–Crippen MR) is 168 cm³/mol. The van der Waals surface area contributed by atoms with Gasteiger partial charge in [0, 0.05) is 0 Å². The monoisotopic (exact) mass is 504 g/mol. The molecule has 4 rings (SSSR count). The highest BCUT2D eigenvalue weighted by Gasteiger charge is 2.24. The van der Waals surface area contributed by atoms with E-state index in [9.17, 15) is 0 Å². The number of benzene rings is 1. The van der Waals surface area contributed by atoms with Crippen molar-refractivity contribution in [3.05, 3.63) is 64.8 Å². The molecule has 0 spiro atoms. The van der Waals surface area contributed by atoms with Gasteiger partial charge in [-0.2, -0.15) is 0 Å². The molecule has 0 aliphatic heterocycles. The van der Waals surface area contributed by atoms with E-state index in [1.807, 2.05) is 13.8 Å². The van der Waals surface area contributed by atoms with Gasteiger partial charge < -0.3 is 0 Å². The van der Waals surface area contributed by atoms with E-state index in [4.69, 9.17) is 0 Å². The van der Waals surface area contributed by atoms with Crippen molar-refractivity contribution in [3.63, 3.8) is 0 Å². The minimum atomic E-state index is 0.770. The Morgan fingerprint density at radius 2 is 1.49 bits per heavy atom. The van der Waals surface area contributed by atoms with E-state index in [1.165, 1.54) is 100 Å². The van der Waals surface area contributed by atoms with Gasteiger partial charge >= 0.3 is 0 Å². The fourth-order valence-electron chi connectivity index (χ4n) is 6.75. The molecule has 0 aromatic heterocycles. The van der Waals surface area contributed by atoms with Gasteiger partial charge in [-0.15, -0.1) is 0 Å². The zero-order valence-corrected chi connectivity index (χ0v) is 25.8. The lowest BCUT2D eigenvalue weighted by molar-refractivity contribution is 0.300. The van der Waals surface area contributed by atoms with Crippen LogP contribution < -0.4 is 0 Å². The fraction of sp³-hybridized carbons (Fsp3) is 0.676. The number of hydrogen-bond donors (Lipinski definition) is 0. The largest absolute Gasteiger partial charge is 0.0801 e. The van der Waals surface area contributed by atoms with E-state index in [0.29, 0.717) is 0 Å². The second kappa shape index (κ2) is 17.9. The standard InChI is InChI=1S/C27H36.C8H18.C2H6/c1-3-8-20(2)21-11-6-12-22(16-15-21)23-13-7-14-26(17-23)27-18-24-9-4-5-10-25(24)19-27;1-4-6-8(3)7-5-2;1-2/h7,9-10,13-14,17-18,20-22H,3-6,8,11-12,15-16,19H2,1-2H3;8H,4-7H2,1-3H3;1-2H3/t20?,21?,22-;;/m1../s1. The average Bonchev–Trinajstić information content (AvgIpc) is 3.20. The molecule has 0 bridgehead atoms. The highest BCUT2D eigenvalue weighted by molar-refractivity contribution is 5.78. The second-order valence-corrected chi connectivity index (χ2v) is 11.9. The molecule has 0 nitrogen and oxygen atoms in total. The topological polar surface area (TPSA) is 0 Å². The Kier molecular flexibility index (Phi) is 15.3. The highest BCUT2D eigenvalue weighted by Crippen LogP contribution is 2.41. The van der Waals surface area contributed by atoms with Crippen LogP contribution in [0.5, 0.6) is 0 Å². The molecular formula is C37H60. The third-order valence-electron chi connectivity index (χ3n) is 8.86. The van der Waals surface area contributed by atoms with Gasteiger partial charge in [0.05, 0.1) is 0 Å². The SMILES string of the molecule is CC.CCCC(C)C1CCC[C@@H](c2cccc(C3=CC4=CCCC=C4C3)c2)CC1.CCCC(C)CCC. The molecule has 208 valence electrons. The molecule has 3 atom stereocenters. The normalized spacial score (nSPS) is 21.8. The van der Waals surface area contributed by atoms with Crippen molar-refractivity contribution < 1.29 is 0 Å². The predicted octanol–water partition coefficient (Wildman–Crippen LogP) is 12.5. The van der Waals surface area contributed by atoms with Crippen molar-refractivity contribution in [3.8, 4) is 0 Å². The third kappa shape index (κ3) is 10.3. The fourth-order valence-corrected chi connectivity index (χ4v) is 6.75. The van der Waals surface area contributed by atoms with Gasteiger partial charge in [-0.3, -0.25) is 0 Å². The van der Waals surface area contributed by atoms with Gasteiger partial charge in [0.1, 0.15) is 0 Å². The molecule has 37 heavy (non-hydrogen) atoms. The molecule has 0 amide bonds. The van der Waals surface area contributed by atoms with Crippen LogP contribution >= 0.6 is 0 Å². The molecule has 3 aliphatic rings. The van der Waals surface area contributed by atoms with Crippen molar-refractivity contribution in [2.75, 3.05) is 0 Å². The molecule has 0 N–H and O–H groups in total. The zero-order valence-electron chi connectivity index (χ0n) is 25.8. The maximum atomic E-state index is 2.52. The molecule has 1 aromatic carbocycles. The minimum absolute atomic E-state index is 0.770. The summed E-state index contributed by atoms with van der Waals surface area (Å²) in [6, 6.07) is 9.55. The maximum absolute atomic E-state index is 2.52. The summed E-state index contributed by atoms with van der Waals surface area (Å²) < 4.78 is 0. The van der Waals surface area contributed by atoms with E-state index in [1.54, 1.807) is 11.1 Å². The van der Waals surface area contributed by atoms with Gasteiger partial charge in [-0.25, -0.2) is 0 Å². The van der Waals surface area contributed by atoms with E-state index in [-0.39, 0.29) is 0 Å². The summed E-state index contributed by atoms with van der Waals surface area (Å²) >= 11 is 0. The highest BCUT2D eigenvalue weighted by atomic mass is 14.3. The van der Waals surface area contributed by atoms with Crippen molar-refractivity contribution in [2.24, 2.45) is 17.8 Å². The van der Waals surface area contributed by atoms with Crippen molar-refractivity contribution in [1.29, 1.82) is 0 Å². The lowest BCUT2D eigenvalue weighted by Crippen LogP contribution is -2.10. The lowest BCUT2D eigenvalue weighted by Gasteiger charge is -2.22. The molecule has 1 fully saturated rings. The van der Waals surface area contributed by atoms with Gasteiger partial charge in [-0.05, 0) is 90.0 Å². The molecular weight excluding hydrogens is 444 g/mol. The van der Waals surface area contributed by atoms with Gasteiger partial charge in [-0.1, -0.05) is 142 Å². The lowest BCUT2D eigenvalue weighted by atomic mass is 9.84. The van der Waals surface area contributed by atoms with Crippen LogP contribution in [-0.4, -0.2) is 0 Å². The zero-order chi connectivity index (χ0) is 27.0. The van der Waals surface area contributed by atoms with Crippen LogP contribution in [0.25, 0.3) is 5.57 Å². The van der Waals surface area contributed by atoms with E-state index in [0.717, 1.165) is 30.1 Å². The first-order valence-corrected chi connectivity index (χ1v) is 16.3. The Balaban J connectivity index is 0.000000414. The van der Waals surface area contributed by atoms with Gasteiger partial charge in [0.25, 0.3) is 0 Å². The summed E-state index contributed by atoms with van der Waals surface area (Å²) in [5.74, 6) is 3.60. The Labute approximate surface area is 232 Å². The van der Waals surface area contributed by atoms with Crippen LogP contribution in [0.2, 0.25) is 0 Å². The van der Waals surface area contributed by atoms with Crippen molar-refractivity contribution in [1.82, 2.24) is 0 Å². The quantitative estimate of drug-likeness (QED) is 0.293. The van der Waals surface area contributed by atoms with Crippen LogP contribution in [-0.2, 0) is 0 Å². The smallest absolute Gasteiger partial charge is 0.00170 e. The second-order valence-electron chi connectivity index (χ2n) is 11.9. The minimum Gasteiger partial charge on any atom is -0.0801 e. The summed E-state index contributed by atoms with van der Waals surface area (Å²) in [6.07, 6.45) is 26.2. The van der Waals surface area contributed by atoms with Crippen LogP contribution in [0.3, 0.4) is 0 Å². The third-order valence-corrected chi connectivity index (χ3v) is 8.86. The first kappa shape index (κ1) is 31.7. The van der Waals surface area contributed by atoms with Crippen LogP contribution in [0.15, 0.2) is 53.6 Å². The molecule has 2 unspecified atom stereocenters. The van der Waals surface area contributed by atoms with Gasteiger partial charge in [0.15, 0.2) is 0 Å². The number of allylic oxidation sites excluding steroid dienone is 6.